The zero-order valence-electron chi connectivity index (χ0n) is 11.6. The predicted octanol–water partition coefficient (Wildman–Crippen LogP) is 1.96. The van der Waals surface area contributed by atoms with E-state index < -0.39 is 0 Å². The second kappa shape index (κ2) is 5.84. The first-order valence-corrected chi connectivity index (χ1v) is 6.41. The van der Waals surface area contributed by atoms with Gasteiger partial charge in [0.15, 0.2) is 0 Å². The van der Waals surface area contributed by atoms with E-state index in [1.165, 1.54) is 4.90 Å². The lowest BCUT2D eigenvalue weighted by atomic mass is 10.3. The van der Waals surface area contributed by atoms with Crippen LogP contribution in [-0.2, 0) is 16.6 Å². The number of likely N-dealkylation sites (N-methyl/N-ethyl adjacent to an activating group) is 1. The molecule has 2 rings (SSSR count). The highest BCUT2D eigenvalue weighted by molar-refractivity contribution is 5.94. The normalized spacial score (nSPS) is 10.9. The molecule has 0 N–H and O–H groups in total. The Morgan fingerprint density at radius 3 is 2.84 bits per heavy atom. The summed E-state index contributed by atoms with van der Waals surface area (Å²) in [5, 5.41) is 0. The SMILES string of the molecule is CCCOCC(=O)N(C)c1nc2ccccc2n1C. The van der Waals surface area contributed by atoms with E-state index in [1.807, 2.05) is 42.8 Å². The lowest BCUT2D eigenvalue weighted by molar-refractivity contribution is -0.122. The van der Waals surface area contributed by atoms with Gasteiger partial charge in [-0.15, -0.1) is 0 Å². The number of rotatable bonds is 5. The molecular weight excluding hydrogens is 242 g/mol. The van der Waals surface area contributed by atoms with Crippen LogP contribution in [-0.4, -0.2) is 35.7 Å². The van der Waals surface area contributed by atoms with Gasteiger partial charge in [-0.05, 0) is 18.6 Å². The van der Waals surface area contributed by atoms with Crippen LogP contribution >= 0.6 is 0 Å². The second-order valence-electron chi connectivity index (χ2n) is 4.46. The number of aryl methyl sites for hydroxylation is 1. The molecule has 0 unspecified atom stereocenters. The van der Waals surface area contributed by atoms with Crippen molar-refractivity contribution in [2.45, 2.75) is 13.3 Å². The van der Waals surface area contributed by atoms with Crippen LogP contribution in [0.1, 0.15) is 13.3 Å². The highest BCUT2D eigenvalue weighted by Crippen LogP contribution is 2.20. The first-order valence-electron chi connectivity index (χ1n) is 6.41. The third kappa shape index (κ3) is 2.76. The second-order valence-corrected chi connectivity index (χ2v) is 4.46. The molecule has 0 aliphatic rings. The lowest BCUT2D eigenvalue weighted by Crippen LogP contribution is -2.32. The van der Waals surface area contributed by atoms with E-state index in [1.54, 1.807) is 7.05 Å². The van der Waals surface area contributed by atoms with Crippen molar-refractivity contribution in [1.82, 2.24) is 9.55 Å². The van der Waals surface area contributed by atoms with Crippen LogP contribution in [0.4, 0.5) is 5.95 Å². The van der Waals surface area contributed by atoms with Gasteiger partial charge in [0, 0.05) is 20.7 Å². The fourth-order valence-corrected chi connectivity index (χ4v) is 1.94. The Labute approximate surface area is 112 Å². The Bertz CT molecular complexity index is 577. The molecule has 0 fully saturated rings. The van der Waals surface area contributed by atoms with Gasteiger partial charge in [-0.2, -0.15) is 0 Å². The highest BCUT2D eigenvalue weighted by Gasteiger charge is 2.17. The molecule has 1 aromatic carbocycles. The van der Waals surface area contributed by atoms with Gasteiger partial charge in [0.1, 0.15) is 6.61 Å². The van der Waals surface area contributed by atoms with E-state index in [2.05, 4.69) is 4.98 Å². The summed E-state index contributed by atoms with van der Waals surface area (Å²) >= 11 is 0. The van der Waals surface area contributed by atoms with Gasteiger partial charge < -0.3 is 9.30 Å². The van der Waals surface area contributed by atoms with Crippen molar-refractivity contribution in [3.8, 4) is 0 Å². The molecule has 0 saturated carbocycles. The summed E-state index contributed by atoms with van der Waals surface area (Å²) < 4.78 is 7.18. The van der Waals surface area contributed by atoms with Gasteiger partial charge in [0.2, 0.25) is 5.95 Å². The lowest BCUT2D eigenvalue weighted by Gasteiger charge is -2.16. The number of carbonyl (C=O) groups excluding carboxylic acids is 1. The van der Waals surface area contributed by atoms with Crippen LogP contribution < -0.4 is 4.90 Å². The van der Waals surface area contributed by atoms with Gasteiger partial charge in [0.25, 0.3) is 5.91 Å². The van der Waals surface area contributed by atoms with Crippen LogP contribution in [0, 0.1) is 0 Å². The number of hydrogen-bond donors (Lipinski definition) is 0. The van der Waals surface area contributed by atoms with Crippen molar-refractivity contribution >= 4 is 22.9 Å². The summed E-state index contributed by atoms with van der Waals surface area (Å²) in [6.45, 7) is 2.70. The van der Waals surface area contributed by atoms with Crippen LogP contribution in [0.5, 0.6) is 0 Å². The van der Waals surface area contributed by atoms with Gasteiger partial charge in [0.05, 0.1) is 11.0 Å². The Morgan fingerprint density at radius 1 is 1.42 bits per heavy atom. The van der Waals surface area contributed by atoms with Crippen LogP contribution in [0.3, 0.4) is 0 Å². The van der Waals surface area contributed by atoms with Gasteiger partial charge in [-0.3, -0.25) is 9.69 Å². The summed E-state index contributed by atoms with van der Waals surface area (Å²) in [4.78, 5) is 18.0. The highest BCUT2D eigenvalue weighted by atomic mass is 16.5. The summed E-state index contributed by atoms with van der Waals surface area (Å²) in [5.41, 5.74) is 1.89. The van der Waals surface area contributed by atoms with E-state index >= 15 is 0 Å². The quantitative estimate of drug-likeness (QED) is 0.773. The number of anilines is 1. The summed E-state index contributed by atoms with van der Waals surface area (Å²) in [5.74, 6) is 0.540. The molecule has 5 heteroatoms. The fourth-order valence-electron chi connectivity index (χ4n) is 1.94. The number of amides is 1. The molecular formula is C14H19N3O2. The molecule has 1 heterocycles. The smallest absolute Gasteiger partial charge is 0.255 e. The predicted molar refractivity (Wildman–Crippen MR) is 75.2 cm³/mol. The number of benzene rings is 1. The molecule has 2 aromatic rings. The summed E-state index contributed by atoms with van der Waals surface area (Å²) in [7, 11) is 3.63. The monoisotopic (exact) mass is 261 g/mol. The molecule has 0 spiro atoms. The minimum absolute atomic E-state index is 0.0908. The number of aromatic nitrogens is 2. The number of carbonyl (C=O) groups is 1. The molecule has 1 amide bonds. The molecule has 0 bridgehead atoms. The maximum absolute atomic E-state index is 12.0. The first-order chi connectivity index (χ1) is 9.15. The zero-order chi connectivity index (χ0) is 13.8. The molecule has 1 aromatic heterocycles. The third-order valence-corrected chi connectivity index (χ3v) is 3.01. The van der Waals surface area contributed by atoms with Gasteiger partial charge in [-0.1, -0.05) is 19.1 Å². The third-order valence-electron chi connectivity index (χ3n) is 3.01. The molecule has 5 nitrogen and oxygen atoms in total. The maximum atomic E-state index is 12.0. The molecule has 19 heavy (non-hydrogen) atoms. The summed E-state index contributed by atoms with van der Waals surface area (Å²) in [6.07, 6.45) is 0.906. The topological polar surface area (TPSA) is 47.4 Å². The van der Waals surface area contributed by atoms with Crippen molar-refractivity contribution in [3.05, 3.63) is 24.3 Å². The minimum atomic E-state index is -0.0909. The average molecular weight is 261 g/mol. The van der Waals surface area contributed by atoms with E-state index in [-0.39, 0.29) is 12.5 Å². The number of fused-ring (bicyclic) bond motifs is 1. The van der Waals surface area contributed by atoms with E-state index in [9.17, 15) is 4.79 Å². The molecule has 0 atom stereocenters. The van der Waals surface area contributed by atoms with Gasteiger partial charge >= 0.3 is 0 Å². The van der Waals surface area contributed by atoms with Crippen molar-refractivity contribution < 1.29 is 9.53 Å². The van der Waals surface area contributed by atoms with Crippen LogP contribution in [0.25, 0.3) is 11.0 Å². The standard InChI is InChI=1S/C14H19N3O2/c1-4-9-19-10-13(18)17(3)14-15-11-7-5-6-8-12(11)16(14)2/h5-8H,4,9-10H2,1-3H3. The molecule has 0 aliphatic carbocycles. The Morgan fingerprint density at radius 2 is 2.16 bits per heavy atom. The first kappa shape index (κ1) is 13.5. The van der Waals surface area contributed by atoms with Crippen molar-refractivity contribution in [3.63, 3.8) is 0 Å². The van der Waals surface area contributed by atoms with Crippen LogP contribution in [0.2, 0.25) is 0 Å². The van der Waals surface area contributed by atoms with Crippen molar-refractivity contribution in [1.29, 1.82) is 0 Å². The number of para-hydroxylation sites is 2. The van der Waals surface area contributed by atoms with E-state index in [0.29, 0.717) is 12.6 Å². The number of ether oxygens (including phenoxy) is 1. The molecule has 0 aliphatic heterocycles. The Hall–Kier alpha value is -1.88. The van der Waals surface area contributed by atoms with Crippen LogP contribution in [0.15, 0.2) is 24.3 Å². The minimum Gasteiger partial charge on any atom is -0.372 e. The number of nitrogens with zero attached hydrogens (tertiary/aromatic N) is 3. The van der Waals surface area contributed by atoms with Crippen molar-refractivity contribution in [2.24, 2.45) is 7.05 Å². The molecule has 0 radical (unpaired) electrons. The number of imidazole rings is 1. The zero-order valence-corrected chi connectivity index (χ0v) is 11.6. The number of hydrogen-bond acceptors (Lipinski definition) is 3. The molecule has 102 valence electrons. The average Bonchev–Trinajstić information content (AvgIpc) is 2.76. The van der Waals surface area contributed by atoms with Gasteiger partial charge in [-0.25, -0.2) is 4.98 Å². The Balaban J connectivity index is 2.19. The van der Waals surface area contributed by atoms with E-state index in [4.69, 9.17) is 4.74 Å². The molecule has 0 saturated heterocycles. The largest absolute Gasteiger partial charge is 0.372 e. The fraction of sp³-hybridized carbons (Fsp3) is 0.429. The summed E-state index contributed by atoms with van der Waals surface area (Å²) in [6, 6.07) is 7.81. The maximum Gasteiger partial charge on any atom is 0.255 e. The van der Waals surface area contributed by atoms with E-state index in [0.717, 1.165) is 17.5 Å². The Kier molecular flexibility index (Phi) is 4.16. The van der Waals surface area contributed by atoms with Crippen molar-refractivity contribution in [2.75, 3.05) is 25.2 Å².